The van der Waals surface area contributed by atoms with E-state index in [1.165, 1.54) is 9.13 Å². The lowest BCUT2D eigenvalue weighted by atomic mass is 10.2. The Labute approximate surface area is 150 Å². The number of nitrogens with zero attached hydrogens (tertiary/aromatic N) is 4. The first-order chi connectivity index (χ1) is 12.5. The van der Waals surface area contributed by atoms with Gasteiger partial charge in [0.25, 0.3) is 5.56 Å². The fourth-order valence-corrected chi connectivity index (χ4v) is 3.01. The predicted molar refractivity (Wildman–Crippen MR) is 103 cm³/mol. The van der Waals surface area contributed by atoms with E-state index in [-0.39, 0.29) is 11.2 Å². The fourth-order valence-electron chi connectivity index (χ4n) is 3.01. The molecule has 0 aliphatic carbocycles. The normalized spacial score (nSPS) is 11.5. The zero-order valence-electron chi connectivity index (χ0n) is 15.4. The van der Waals surface area contributed by atoms with E-state index in [2.05, 4.69) is 4.98 Å². The summed E-state index contributed by atoms with van der Waals surface area (Å²) < 4.78 is 9.72. The molecule has 0 aliphatic rings. The molecular weight excluding hydrogens is 332 g/mol. The van der Waals surface area contributed by atoms with Crippen molar-refractivity contribution in [3.63, 3.8) is 0 Å². The Morgan fingerprint density at radius 1 is 1.12 bits per heavy atom. The highest BCUT2D eigenvalue weighted by Crippen LogP contribution is 2.16. The number of imidazole rings is 1. The SMILES string of the molecule is CCn1c(=O)c2c(nc(/C=C/c3cccc(OC)c3)n2C)n(CC)c1=O. The lowest BCUT2D eigenvalue weighted by molar-refractivity contribution is 0.414. The summed E-state index contributed by atoms with van der Waals surface area (Å²) in [6.07, 6.45) is 3.73. The monoisotopic (exact) mass is 354 g/mol. The highest BCUT2D eigenvalue weighted by Gasteiger charge is 2.17. The van der Waals surface area contributed by atoms with Crippen LogP contribution in [0.5, 0.6) is 5.75 Å². The highest BCUT2D eigenvalue weighted by atomic mass is 16.5. The molecule has 2 heterocycles. The lowest BCUT2D eigenvalue weighted by Crippen LogP contribution is -2.39. The standard InChI is InChI=1S/C19H22N4O3/c1-5-22-17-16(18(24)23(6-2)19(22)25)21(3)15(20-17)11-10-13-8-7-9-14(12-13)26-4/h7-12H,5-6H2,1-4H3/b11-10+. The van der Waals surface area contributed by atoms with Crippen LogP contribution in [0.4, 0.5) is 0 Å². The summed E-state index contributed by atoms with van der Waals surface area (Å²) in [5.74, 6) is 1.37. The van der Waals surface area contributed by atoms with E-state index in [0.717, 1.165) is 11.3 Å². The second kappa shape index (κ2) is 7.03. The van der Waals surface area contributed by atoms with Gasteiger partial charge in [-0.2, -0.15) is 0 Å². The first-order valence-corrected chi connectivity index (χ1v) is 8.54. The Balaban J connectivity index is 2.18. The number of methoxy groups -OCH3 is 1. The third kappa shape index (κ3) is 2.85. The smallest absolute Gasteiger partial charge is 0.332 e. The van der Waals surface area contributed by atoms with Gasteiger partial charge in [0, 0.05) is 20.1 Å². The van der Waals surface area contributed by atoms with E-state index in [1.54, 1.807) is 25.6 Å². The maximum atomic E-state index is 12.7. The Morgan fingerprint density at radius 2 is 1.85 bits per heavy atom. The molecule has 26 heavy (non-hydrogen) atoms. The molecule has 0 amide bonds. The molecule has 2 aromatic heterocycles. The largest absolute Gasteiger partial charge is 0.497 e. The van der Waals surface area contributed by atoms with Crippen molar-refractivity contribution < 1.29 is 4.74 Å². The predicted octanol–water partition coefficient (Wildman–Crippen LogP) is 2.12. The molecule has 0 unspecified atom stereocenters. The van der Waals surface area contributed by atoms with Crippen molar-refractivity contribution in [2.24, 2.45) is 7.05 Å². The zero-order valence-corrected chi connectivity index (χ0v) is 15.4. The van der Waals surface area contributed by atoms with Crippen LogP contribution >= 0.6 is 0 Å². The Kier molecular flexibility index (Phi) is 4.79. The van der Waals surface area contributed by atoms with Crippen LogP contribution in [0.15, 0.2) is 33.9 Å². The molecule has 0 radical (unpaired) electrons. The second-order valence-electron chi connectivity index (χ2n) is 5.89. The molecular formula is C19H22N4O3. The van der Waals surface area contributed by atoms with Crippen molar-refractivity contribution >= 4 is 23.3 Å². The molecule has 0 saturated heterocycles. The van der Waals surface area contributed by atoms with Crippen LogP contribution in [-0.2, 0) is 20.1 Å². The number of aryl methyl sites for hydroxylation is 2. The maximum Gasteiger partial charge on any atom is 0.332 e. The summed E-state index contributed by atoms with van der Waals surface area (Å²) in [6, 6.07) is 7.64. The molecule has 7 nitrogen and oxygen atoms in total. The quantitative estimate of drug-likeness (QED) is 0.704. The zero-order chi connectivity index (χ0) is 18.8. The molecule has 0 N–H and O–H groups in total. The lowest BCUT2D eigenvalue weighted by Gasteiger charge is -2.08. The Hall–Kier alpha value is -3.09. The average Bonchev–Trinajstić information content (AvgIpc) is 2.97. The number of fused-ring (bicyclic) bond motifs is 1. The highest BCUT2D eigenvalue weighted by molar-refractivity contribution is 5.76. The minimum Gasteiger partial charge on any atom is -0.497 e. The molecule has 0 fully saturated rings. The van der Waals surface area contributed by atoms with Crippen LogP contribution < -0.4 is 16.0 Å². The summed E-state index contributed by atoms with van der Waals surface area (Å²) in [4.78, 5) is 29.7. The van der Waals surface area contributed by atoms with Crippen LogP contribution in [0, 0.1) is 0 Å². The summed E-state index contributed by atoms with van der Waals surface area (Å²) in [7, 11) is 3.41. The van der Waals surface area contributed by atoms with Crippen LogP contribution in [-0.4, -0.2) is 25.8 Å². The number of aromatic nitrogens is 4. The van der Waals surface area contributed by atoms with Crippen LogP contribution in [0.25, 0.3) is 23.3 Å². The van der Waals surface area contributed by atoms with Gasteiger partial charge in [0.15, 0.2) is 11.2 Å². The van der Waals surface area contributed by atoms with Gasteiger partial charge in [0.2, 0.25) is 0 Å². The number of benzene rings is 1. The minimum absolute atomic E-state index is 0.312. The van der Waals surface area contributed by atoms with E-state index >= 15 is 0 Å². The molecule has 0 bridgehead atoms. The number of hydrogen-bond acceptors (Lipinski definition) is 4. The maximum absolute atomic E-state index is 12.7. The molecule has 7 heteroatoms. The van der Waals surface area contributed by atoms with E-state index < -0.39 is 0 Å². The summed E-state index contributed by atoms with van der Waals surface area (Å²) in [6.45, 7) is 4.43. The van der Waals surface area contributed by atoms with Crippen LogP contribution in [0.1, 0.15) is 25.2 Å². The summed E-state index contributed by atoms with van der Waals surface area (Å²) in [5.41, 5.74) is 1.16. The van der Waals surface area contributed by atoms with Gasteiger partial charge >= 0.3 is 5.69 Å². The van der Waals surface area contributed by atoms with Crippen molar-refractivity contribution in [3.8, 4) is 5.75 Å². The van der Waals surface area contributed by atoms with E-state index in [9.17, 15) is 9.59 Å². The third-order valence-corrected chi connectivity index (χ3v) is 4.43. The number of ether oxygens (including phenoxy) is 1. The fraction of sp³-hybridized carbons (Fsp3) is 0.316. The van der Waals surface area contributed by atoms with Gasteiger partial charge in [0.05, 0.1) is 7.11 Å². The first-order valence-electron chi connectivity index (χ1n) is 8.54. The van der Waals surface area contributed by atoms with Gasteiger partial charge < -0.3 is 9.30 Å². The molecule has 0 atom stereocenters. The van der Waals surface area contributed by atoms with Gasteiger partial charge in [-0.05, 0) is 37.6 Å². The Morgan fingerprint density at radius 3 is 2.50 bits per heavy atom. The molecule has 0 saturated carbocycles. The van der Waals surface area contributed by atoms with Crippen LogP contribution in [0.2, 0.25) is 0 Å². The van der Waals surface area contributed by atoms with Gasteiger partial charge in [-0.3, -0.25) is 13.9 Å². The molecule has 1 aromatic carbocycles. The van der Waals surface area contributed by atoms with Crippen molar-refractivity contribution in [3.05, 3.63) is 56.5 Å². The van der Waals surface area contributed by atoms with Crippen molar-refractivity contribution in [1.29, 1.82) is 0 Å². The van der Waals surface area contributed by atoms with Gasteiger partial charge in [-0.15, -0.1) is 0 Å². The van der Waals surface area contributed by atoms with Crippen molar-refractivity contribution in [1.82, 2.24) is 18.7 Å². The minimum atomic E-state index is -0.325. The van der Waals surface area contributed by atoms with Crippen LogP contribution in [0.3, 0.4) is 0 Å². The number of rotatable bonds is 5. The van der Waals surface area contributed by atoms with E-state index in [4.69, 9.17) is 4.74 Å². The van der Waals surface area contributed by atoms with Gasteiger partial charge in [0.1, 0.15) is 11.6 Å². The summed E-state index contributed by atoms with van der Waals surface area (Å²) >= 11 is 0. The average molecular weight is 354 g/mol. The molecule has 3 rings (SSSR count). The second-order valence-corrected chi connectivity index (χ2v) is 5.89. The topological polar surface area (TPSA) is 71.1 Å². The third-order valence-electron chi connectivity index (χ3n) is 4.43. The van der Waals surface area contributed by atoms with Gasteiger partial charge in [-0.1, -0.05) is 18.2 Å². The molecule has 0 aliphatic heterocycles. The first kappa shape index (κ1) is 17.7. The molecule has 136 valence electrons. The number of hydrogen-bond donors (Lipinski definition) is 0. The van der Waals surface area contributed by atoms with E-state index in [1.807, 2.05) is 43.3 Å². The molecule has 0 spiro atoms. The molecule has 3 aromatic rings. The van der Waals surface area contributed by atoms with Crippen molar-refractivity contribution in [2.45, 2.75) is 26.9 Å². The Bertz CT molecular complexity index is 1100. The van der Waals surface area contributed by atoms with E-state index in [0.29, 0.717) is 30.1 Å². The van der Waals surface area contributed by atoms with Gasteiger partial charge in [-0.25, -0.2) is 9.78 Å². The van der Waals surface area contributed by atoms with Crippen molar-refractivity contribution in [2.75, 3.05) is 7.11 Å². The summed E-state index contributed by atoms with van der Waals surface area (Å²) in [5, 5.41) is 0.